The van der Waals surface area contributed by atoms with E-state index in [2.05, 4.69) is 30.3 Å². The fourth-order valence-electron chi connectivity index (χ4n) is 4.26. The summed E-state index contributed by atoms with van der Waals surface area (Å²) in [6.45, 7) is 4.10. The number of nitrogens with zero attached hydrogens (tertiary/aromatic N) is 5. The van der Waals surface area contributed by atoms with Crippen LogP contribution in [-0.4, -0.2) is 50.5 Å². The second-order valence-electron chi connectivity index (χ2n) is 9.08. The minimum atomic E-state index is -4.75. The lowest BCUT2D eigenvalue weighted by Gasteiger charge is -2.22. The van der Waals surface area contributed by atoms with Crippen LogP contribution < -0.4 is 10.1 Å². The molecule has 4 aromatic rings. The van der Waals surface area contributed by atoms with E-state index in [0.717, 1.165) is 49.5 Å². The van der Waals surface area contributed by atoms with Gasteiger partial charge < -0.3 is 19.3 Å². The number of benzene rings is 1. The zero-order valence-corrected chi connectivity index (χ0v) is 20.7. The van der Waals surface area contributed by atoms with E-state index in [4.69, 9.17) is 9.26 Å². The predicted octanol–water partition coefficient (Wildman–Crippen LogP) is 5.62. The Morgan fingerprint density at radius 2 is 1.97 bits per heavy atom. The summed E-state index contributed by atoms with van der Waals surface area (Å²) in [5, 5.41) is 11.9. The van der Waals surface area contributed by atoms with Crippen molar-refractivity contribution in [1.29, 1.82) is 0 Å². The third kappa shape index (κ3) is 6.68. The number of anilines is 1. The monoisotopic (exact) mass is 528 g/mol. The van der Waals surface area contributed by atoms with Crippen LogP contribution in [0.2, 0.25) is 0 Å². The summed E-state index contributed by atoms with van der Waals surface area (Å²) in [5.41, 5.74) is 2.91. The summed E-state index contributed by atoms with van der Waals surface area (Å²) in [6.07, 6.45) is 1.76. The first-order chi connectivity index (χ1) is 18.3. The first-order valence-corrected chi connectivity index (χ1v) is 12.4. The maximum absolute atomic E-state index is 12.4. The van der Waals surface area contributed by atoms with Gasteiger partial charge in [-0.25, -0.2) is 4.98 Å². The molecule has 0 bridgehead atoms. The molecule has 1 aliphatic heterocycles. The number of aryl methyl sites for hydroxylation is 1. The number of ether oxygens (including phenoxy) is 2. The molecule has 12 heteroatoms. The third-order valence-corrected chi connectivity index (χ3v) is 6.18. The quantitative estimate of drug-likeness (QED) is 0.299. The summed E-state index contributed by atoms with van der Waals surface area (Å²) < 4.78 is 54.0. The van der Waals surface area contributed by atoms with E-state index in [9.17, 15) is 13.2 Å². The average molecular weight is 529 g/mol. The first-order valence-electron chi connectivity index (χ1n) is 12.4. The van der Waals surface area contributed by atoms with Gasteiger partial charge in [-0.2, -0.15) is 10.1 Å². The van der Waals surface area contributed by atoms with Gasteiger partial charge in [0, 0.05) is 30.6 Å². The molecule has 4 heterocycles. The predicted molar refractivity (Wildman–Crippen MR) is 132 cm³/mol. The van der Waals surface area contributed by atoms with Crippen LogP contribution in [0.3, 0.4) is 0 Å². The highest BCUT2D eigenvalue weighted by molar-refractivity contribution is 5.59. The van der Waals surface area contributed by atoms with E-state index in [1.165, 1.54) is 30.7 Å². The van der Waals surface area contributed by atoms with Crippen LogP contribution in [-0.2, 0) is 11.3 Å². The maximum atomic E-state index is 12.4. The Hall–Kier alpha value is -3.93. The summed E-state index contributed by atoms with van der Waals surface area (Å²) in [5.74, 6) is 0.914. The second-order valence-corrected chi connectivity index (χ2v) is 9.08. The number of nitrogens with one attached hydrogen (secondary N) is 1. The topological polar surface area (TPSA) is 100 Å². The Morgan fingerprint density at radius 3 is 2.74 bits per heavy atom. The van der Waals surface area contributed by atoms with Crippen LogP contribution in [0.5, 0.6) is 5.75 Å². The van der Waals surface area contributed by atoms with Crippen molar-refractivity contribution in [1.82, 2.24) is 24.9 Å². The lowest BCUT2D eigenvalue weighted by atomic mass is 10.1. The summed E-state index contributed by atoms with van der Waals surface area (Å²) in [4.78, 5) is 8.77. The van der Waals surface area contributed by atoms with Gasteiger partial charge in [0.25, 0.3) is 5.89 Å². The molecule has 1 unspecified atom stereocenters. The number of halogens is 3. The Kier molecular flexibility index (Phi) is 7.59. The van der Waals surface area contributed by atoms with Crippen LogP contribution in [0.1, 0.15) is 36.9 Å². The van der Waals surface area contributed by atoms with Crippen LogP contribution in [0.15, 0.2) is 53.2 Å². The molecular weight excluding hydrogens is 501 g/mol. The SMILES string of the molecule is Cc1cc(-c2nc(-c3ccc(OC(F)(F)F)cc3)no2)nn1Cc1ccnc(NCCC2CCCCO2)c1. The van der Waals surface area contributed by atoms with Crippen molar-refractivity contribution < 1.29 is 27.2 Å². The highest BCUT2D eigenvalue weighted by Gasteiger charge is 2.31. The number of hydrogen-bond acceptors (Lipinski definition) is 8. The van der Waals surface area contributed by atoms with Crippen molar-refractivity contribution in [2.24, 2.45) is 0 Å². The molecule has 0 radical (unpaired) electrons. The fourth-order valence-corrected chi connectivity index (χ4v) is 4.26. The molecule has 1 atom stereocenters. The Balaban J connectivity index is 1.21. The van der Waals surface area contributed by atoms with Crippen molar-refractivity contribution in [3.8, 4) is 28.7 Å². The molecule has 1 aromatic carbocycles. The molecule has 1 N–H and O–H groups in total. The normalized spacial score (nSPS) is 15.9. The molecule has 1 aliphatic rings. The summed E-state index contributed by atoms with van der Waals surface area (Å²) >= 11 is 0. The van der Waals surface area contributed by atoms with E-state index in [1.807, 2.05) is 29.8 Å². The summed E-state index contributed by atoms with van der Waals surface area (Å²) in [6, 6.07) is 11.0. The van der Waals surface area contributed by atoms with Crippen LogP contribution in [0, 0.1) is 6.92 Å². The fraction of sp³-hybridized carbons (Fsp3) is 0.385. The molecule has 0 saturated carbocycles. The van der Waals surface area contributed by atoms with Gasteiger partial charge in [0.2, 0.25) is 5.82 Å². The molecule has 5 rings (SSSR count). The molecule has 1 saturated heterocycles. The van der Waals surface area contributed by atoms with Gasteiger partial charge in [0.15, 0.2) is 5.69 Å². The van der Waals surface area contributed by atoms with Gasteiger partial charge in [-0.3, -0.25) is 4.68 Å². The highest BCUT2D eigenvalue weighted by Crippen LogP contribution is 2.27. The second kappa shape index (κ2) is 11.2. The molecule has 38 heavy (non-hydrogen) atoms. The number of hydrogen-bond donors (Lipinski definition) is 1. The minimum absolute atomic E-state index is 0.208. The molecule has 1 fully saturated rings. The molecular formula is C26H27F3N6O3. The Labute approximate surface area is 217 Å². The Morgan fingerprint density at radius 1 is 1.13 bits per heavy atom. The number of rotatable bonds is 9. The smallest absolute Gasteiger partial charge is 0.406 e. The average Bonchev–Trinajstić information content (AvgIpc) is 3.52. The summed E-state index contributed by atoms with van der Waals surface area (Å²) in [7, 11) is 0. The minimum Gasteiger partial charge on any atom is -0.406 e. The van der Waals surface area contributed by atoms with Crippen molar-refractivity contribution in [3.63, 3.8) is 0 Å². The van der Waals surface area contributed by atoms with E-state index >= 15 is 0 Å². The van der Waals surface area contributed by atoms with E-state index in [-0.39, 0.29) is 17.5 Å². The molecule has 200 valence electrons. The largest absolute Gasteiger partial charge is 0.573 e. The van der Waals surface area contributed by atoms with Gasteiger partial charge in [-0.15, -0.1) is 13.2 Å². The van der Waals surface area contributed by atoms with Crippen molar-refractivity contribution in [2.45, 2.75) is 51.6 Å². The lowest BCUT2D eigenvalue weighted by Crippen LogP contribution is -2.22. The van der Waals surface area contributed by atoms with E-state index in [1.54, 1.807) is 6.20 Å². The molecule has 0 amide bonds. The maximum Gasteiger partial charge on any atom is 0.573 e. The van der Waals surface area contributed by atoms with Crippen LogP contribution in [0.25, 0.3) is 23.0 Å². The van der Waals surface area contributed by atoms with Gasteiger partial charge >= 0.3 is 6.36 Å². The van der Waals surface area contributed by atoms with Gasteiger partial charge in [-0.05, 0) is 80.6 Å². The molecule has 0 aliphatic carbocycles. The molecule has 3 aromatic heterocycles. The van der Waals surface area contributed by atoms with E-state index in [0.29, 0.717) is 23.9 Å². The number of aromatic nitrogens is 5. The van der Waals surface area contributed by atoms with Gasteiger partial charge in [0.1, 0.15) is 11.6 Å². The van der Waals surface area contributed by atoms with E-state index < -0.39 is 6.36 Å². The number of pyridine rings is 1. The zero-order chi connectivity index (χ0) is 26.5. The van der Waals surface area contributed by atoms with Crippen molar-refractivity contribution >= 4 is 5.82 Å². The van der Waals surface area contributed by atoms with Gasteiger partial charge in [0.05, 0.1) is 12.6 Å². The van der Waals surface area contributed by atoms with Crippen LogP contribution in [0.4, 0.5) is 19.0 Å². The standard InChI is InChI=1S/C26H27F3N6O3/c1-17-14-22(25-32-24(34-38-25)19-5-7-21(8-6-19)37-26(27,28)29)33-35(17)16-18-9-11-30-23(15-18)31-12-10-20-4-2-3-13-36-20/h5-9,11,14-15,20H,2-4,10,12-13,16H2,1H3,(H,30,31). The first kappa shape index (κ1) is 25.7. The van der Waals surface area contributed by atoms with Crippen molar-refractivity contribution in [3.05, 3.63) is 59.9 Å². The lowest BCUT2D eigenvalue weighted by molar-refractivity contribution is -0.274. The Bertz CT molecular complexity index is 1350. The number of alkyl halides is 3. The highest BCUT2D eigenvalue weighted by atomic mass is 19.4. The van der Waals surface area contributed by atoms with Crippen molar-refractivity contribution in [2.75, 3.05) is 18.5 Å². The molecule has 0 spiro atoms. The van der Waals surface area contributed by atoms with Crippen LogP contribution >= 0.6 is 0 Å². The van der Waals surface area contributed by atoms with Gasteiger partial charge in [-0.1, -0.05) is 5.16 Å². The molecule has 9 nitrogen and oxygen atoms in total. The zero-order valence-electron chi connectivity index (χ0n) is 20.7. The third-order valence-electron chi connectivity index (χ3n) is 6.18.